The molecule has 0 aliphatic carbocycles. The summed E-state index contributed by atoms with van der Waals surface area (Å²) in [6.07, 6.45) is 0.517. The van der Waals surface area contributed by atoms with Crippen molar-refractivity contribution in [1.29, 1.82) is 0 Å². The maximum atomic E-state index is 5.54. The molecule has 2 rings (SSSR count). The zero-order valence-electron chi connectivity index (χ0n) is 8.91. The van der Waals surface area contributed by atoms with E-state index in [-0.39, 0.29) is 6.29 Å². The number of hydrogen-bond donors (Lipinski definition) is 0. The number of rotatable bonds is 2. The van der Waals surface area contributed by atoms with Crippen LogP contribution in [0.4, 0.5) is 0 Å². The Kier molecular flexibility index (Phi) is 4.24. The predicted octanol–water partition coefficient (Wildman–Crippen LogP) is 2.71. The van der Waals surface area contributed by atoms with E-state index in [0.29, 0.717) is 19.1 Å². The van der Waals surface area contributed by atoms with Gasteiger partial charge in [-0.3, -0.25) is 0 Å². The minimum absolute atomic E-state index is 0.204. The molecule has 1 heterocycles. The zero-order chi connectivity index (χ0) is 11.2. The van der Waals surface area contributed by atoms with Crippen LogP contribution >= 0.6 is 11.6 Å². The summed E-state index contributed by atoms with van der Waals surface area (Å²) in [4.78, 5) is 0. The standard InChI is InChI=1S/C13H13ClO2/c14-8-2-1-3-11-4-6-12(7-5-11)13-15-9-10-16-13/h4-7,13H,2,8-10H2. The average Bonchev–Trinajstić information content (AvgIpc) is 2.84. The lowest BCUT2D eigenvalue weighted by Gasteiger charge is -2.08. The topological polar surface area (TPSA) is 18.5 Å². The van der Waals surface area contributed by atoms with Crippen molar-refractivity contribution < 1.29 is 9.47 Å². The largest absolute Gasteiger partial charge is 0.346 e. The third-order valence-electron chi connectivity index (χ3n) is 2.26. The fraction of sp³-hybridized carbons (Fsp3) is 0.385. The molecule has 1 aliphatic heterocycles. The number of ether oxygens (including phenoxy) is 2. The van der Waals surface area contributed by atoms with Crippen LogP contribution in [0.2, 0.25) is 0 Å². The molecule has 0 atom stereocenters. The molecule has 2 nitrogen and oxygen atoms in total. The molecule has 1 fully saturated rings. The van der Waals surface area contributed by atoms with Gasteiger partial charge < -0.3 is 9.47 Å². The smallest absolute Gasteiger partial charge is 0.184 e. The highest BCUT2D eigenvalue weighted by atomic mass is 35.5. The molecule has 16 heavy (non-hydrogen) atoms. The lowest BCUT2D eigenvalue weighted by molar-refractivity contribution is -0.0441. The minimum atomic E-state index is -0.204. The zero-order valence-corrected chi connectivity index (χ0v) is 9.67. The van der Waals surface area contributed by atoms with E-state index < -0.39 is 0 Å². The van der Waals surface area contributed by atoms with Gasteiger partial charge in [-0.05, 0) is 12.1 Å². The second-order valence-electron chi connectivity index (χ2n) is 3.44. The maximum Gasteiger partial charge on any atom is 0.184 e. The molecule has 1 saturated heterocycles. The Bertz CT molecular complexity index is 383. The van der Waals surface area contributed by atoms with Crippen LogP contribution in [0.25, 0.3) is 0 Å². The Hall–Kier alpha value is -1.01. The Labute approximate surface area is 101 Å². The summed E-state index contributed by atoms with van der Waals surface area (Å²) in [5, 5.41) is 0. The molecule has 1 aromatic carbocycles. The van der Waals surface area contributed by atoms with E-state index in [1.807, 2.05) is 24.3 Å². The van der Waals surface area contributed by atoms with E-state index in [9.17, 15) is 0 Å². The van der Waals surface area contributed by atoms with Gasteiger partial charge in [-0.1, -0.05) is 24.0 Å². The Morgan fingerprint density at radius 1 is 1.19 bits per heavy atom. The molecule has 0 aromatic heterocycles. The van der Waals surface area contributed by atoms with Crippen molar-refractivity contribution in [1.82, 2.24) is 0 Å². The molecule has 0 radical (unpaired) electrons. The van der Waals surface area contributed by atoms with Gasteiger partial charge in [-0.15, -0.1) is 11.6 Å². The van der Waals surface area contributed by atoms with Crippen LogP contribution in [0.5, 0.6) is 0 Å². The molecule has 84 valence electrons. The summed E-state index contributed by atoms with van der Waals surface area (Å²) in [7, 11) is 0. The molecule has 0 amide bonds. The van der Waals surface area contributed by atoms with Gasteiger partial charge in [-0.25, -0.2) is 0 Å². The van der Waals surface area contributed by atoms with E-state index in [1.165, 1.54) is 0 Å². The van der Waals surface area contributed by atoms with Crippen LogP contribution in [0, 0.1) is 11.8 Å². The highest BCUT2D eigenvalue weighted by Gasteiger charge is 2.17. The normalized spacial score (nSPS) is 15.8. The van der Waals surface area contributed by atoms with Gasteiger partial charge in [-0.2, -0.15) is 0 Å². The van der Waals surface area contributed by atoms with Crippen molar-refractivity contribution in [2.45, 2.75) is 12.7 Å². The van der Waals surface area contributed by atoms with E-state index in [2.05, 4.69) is 11.8 Å². The monoisotopic (exact) mass is 236 g/mol. The summed E-state index contributed by atoms with van der Waals surface area (Å²) in [5.74, 6) is 6.62. The summed E-state index contributed by atoms with van der Waals surface area (Å²) >= 11 is 5.54. The van der Waals surface area contributed by atoms with Crippen LogP contribution in [-0.4, -0.2) is 19.1 Å². The molecule has 0 saturated carbocycles. The van der Waals surface area contributed by atoms with Crippen molar-refractivity contribution in [3.8, 4) is 11.8 Å². The summed E-state index contributed by atoms with van der Waals surface area (Å²) in [6, 6.07) is 7.92. The second-order valence-corrected chi connectivity index (χ2v) is 3.81. The third-order valence-corrected chi connectivity index (χ3v) is 2.45. The molecular weight excluding hydrogens is 224 g/mol. The summed E-state index contributed by atoms with van der Waals surface area (Å²) < 4.78 is 10.8. The van der Waals surface area contributed by atoms with Crippen molar-refractivity contribution in [3.63, 3.8) is 0 Å². The quantitative estimate of drug-likeness (QED) is 0.581. The van der Waals surface area contributed by atoms with Gasteiger partial charge in [0.2, 0.25) is 0 Å². The summed E-state index contributed by atoms with van der Waals surface area (Å²) in [6.45, 7) is 1.34. The van der Waals surface area contributed by atoms with Gasteiger partial charge in [0, 0.05) is 23.4 Å². The minimum Gasteiger partial charge on any atom is -0.346 e. The Morgan fingerprint density at radius 2 is 1.88 bits per heavy atom. The predicted molar refractivity (Wildman–Crippen MR) is 63.3 cm³/mol. The van der Waals surface area contributed by atoms with Gasteiger partial charge in [0.05, 0.1) is 13.2 Å². The maximum absolute atomic E-state index is 5.54. The SMILES string of the molecule is ClCCC#Cc1ccc(C2OCCO2)cc1. The lowest BCUT2D eigenvalue weighted by atomic mass is 10.1. The van der Waals surface area contributed by atoms with E-state index in [0.717, 1.165) is 17.5 Å². The molecule has 1 aromatic rings. The number of benzene rings is 1. The van der Waals surface area contributed by atoms with Gasteiger partial charge in [0.1, 0.15) is 0 Å². The molecule has 0 N–H and O–H groups in total. The van der Waals surface area contributed by atoms with Crippen molar-refractivity contribution >= 4 is 11.6 Å². The molecule has 0 unspecified atom stereocenters. The number of halogens is 1. The fourth-order valence-corrected chi connectivity index (χ4v) is 1.58. The van der Waals surface area contributed by atoms with Crippen LogP contribution in [0.3, 0.4) is 0 Å². The van der Waals surface area contributed by atoms with Crippen LogP contribution in [0.15, 0.2) is 24.3 Å². The Balaban J connectivity index is 2.02. The van der Waals surface area contributed by atoms with Crippen LogP contribution < -0.4 is 0 Å². The van der Waals surface area contributed by atoms with Gasteiger partial charge >= 0.3 is 0 Å². The van der Waals surface area contributed by atoms with Crippen LogP contribution in [-0.2, 0) is 9.47 Å². The highest BCUT2D eigenvalue weighted by molar-refractivity contribution is 6.18. The third kappa shape index (κ3) is 2.99. The molecule has 0 bridgehead atoms. The second kappa shape index (κ2) is 5.91. The van der Waals surface area contributed by atoms with Crippen LogP contribution in [0.1, 0.15) is 23.8 Å². The van der Waals surface area contributed by atoms with Crippen molar-refractivity contribution in [2.75, 3.05) is 19.1 Å². The Morgan fingerprint density at radius 3 is 2.50 bits per heavy atom. The van der Waals surface area contributed by atoms with Gasteiger partial charge in [0.25, 0.3) is 0 Å². The molecule has 1 aliphatic rings. The number of alkyl halides is 1. The summed E-state index contributed by atoms with van der Waals surface area (Å²) in [5.41, 5.74) is 2.03. The first kappa shape index (κ1) is 11.5. The molecule has 3 heteroatoms. The van der Waals surface area contributed by atoms with E-state index in [4.69, 9.17) is 21.1 Å². The van der Waals surface area contributed by atoms with Crippen molar-refractivity contribution in [2.24, 2.45) is 0 Å². The highest BCUT2D eigenvalue weighted by Crippen LogP contribution is 2.22. The molecular formula is C13H13ClO2. The van der Waals surface area contributed by atoms with Crippen molar-refractivity contribution in [3.05, 3.63) is 35.4 Å². The van der Waals surface area contributed by atoms with E-state index in [1.54, 1.807) is 0 Å². The lowest BCUT2D eigenvalue weighted by Crippen LogP contribution is -1.97. The average molecular weight is 237 g/mol. The number of hydrogen-bond acceptors (Lipinski definition) is 2. The van der Waals surface area contributed by atoms with Gasteiger partial charge in [0.15, 0.2) is 6.29 Å². The first-order valence-electron chi connectivity index (χ1n) is 5.28. The fourth-order valence-electron chi connectivity index (χ4n) is 1.49. The molecule has 0 spiro atoms. The first-order chi connectivity index (χ1) is 7.90. The first-order valence-corrected chi connectivity index (χ1v) is 5.81. The van der Waals surface area contributed by atoms with E-state index >= 15 is 0 Å².